The number of aryl methyl sites for hydroxylation is 4. The Bertz CT molecular complexity index is 925. The number of rotatable bonds is 4. The van der Waals surface area contributed by atoms with Crippen LogP contribution in [0.3, 0.4) is 0 Å². The van der Waals surface area contributed by atoms with Crippen molar-refractivity contribution in [1.82, 2.24) is 4.90 Å². The van der Waals surface area contributed by atoms with Gasteiger partial charge in [0.25, 0.3) is 11.8 Å². The van der Waals surface area contributed by atoms with Gasteiger partial charge in [0.15, 0.2) is 6.54 Å². The van der Waals surface area contributed by atoms with E-state index in [4.69, 9.17) is 0 Å². The molecule has 0 unspecified atom stereocenters. The molecule has 5 nitrogen and oxygen atoms in total. The molecule has 1 heterocycles. The van der Waals surface area contributed by atoms with Crippen LogP contribution in [0, 0.1) is 13.8 Å². The first-order chi connectivity index (χ1) is 14.5. The molecule has 0 atom stereocenters. The van der Waals surface area contributed by atoms with Crippen LogP contribution in [0.1, 0.15) is 45.5 Å². The summed E-state index contributed by atoms with van der Waals surface area (Å²) in [7, 11) is 0. The molecule has 1 saturated heterocycles. The summed E-state index contributed by atoms with van der Waals surface area (Å²) in [5, 5.41) is 3.07. The Kier molecular flexibility index (Phi) is 6.18. The van der Waals surface area contributed by atoms with Crippen LogP contribution in [-0.2, 0) is 17.6 Å². The fourth-order valence-electron chi connectivity index (χ4n) is 4.67. The Morgan fingerprint density at radius 2 is 1.63 bits per heavy atom. The van der Waals surface area contributed by atoms with E-state index in [1.807, 2.05) is 43.0 Å². The number of anilines is 1. The Morgan fingerprint density at radius 1 is 0.967 bits per heavy atom. The molecule has 158 valence electrons. The first-order valence-electron chi connectivity index (χ1n) is 11.1. The van der Waals surface area contributed by atoms with Gasteiger partial charge < -0.3 is 15.1 Å². The summed E-state index contributed by atoms with van der Waals surface area (Å²) in [6.45, 7) is 7.47. The molecule has 2 aromatic rings. The zero-order valence-corrected chi connectivity index (χ0v) is 18.1. The van der Waals surface area contributed by atoms with Gasteiger partial charge in [0.05, 0.1) is 26.2 Å². The van der Waals surface area contributed by atoms with Gasteiger partial charge in [-0.1, -0.05) is 24.3 Å². The van der Waals surface area contributed by atoms with Crippen LogP contribution in [0.5, 0.6) is 0 Å². The van der Waals surface area contributed by atoms with E-state index in [1.54, 1.807) is 0 Å². The van der Waals surface area contributed by atoms with Gasteiger partial charge in [-0.2, -0.15) is 0 Å². The summed E-state index contributed by atoms with van der Waals surface area (Å²) in [6, 6.07) is 12.3. The van der Waals surface area contributed by atoms with Crippen molar-refractivity contribution in [3.63, 3.8) is 0 Å². The molecule has 1 fully saturated rings. The lowest BCUT2D eigenvalue weighted by Gasteiger charge is -2.32. The maximum absolute atomic E-state index is 13.0. The lowest BCUT2D eigenvalue weighted by molar-refractivity contribution is -0.895. The van der Waals surface area contributed by atoms with E-state index < -0.39 is 0 Å². The van der Waals surface area contributed by atoms with Crippen molar-refractivity contribution in [1.29, 1.82) is 0 Å². The largest absolute Gasteiger partial charge is 0.327 e. The van der Waals surface area contributed by atoms with Crippen LogP contribution >= 0.6 is 0 Å². The van der Waals surface area contributed by atoms with Gasteiger partial charge in [0.2, 0.25) is 0 Å². The highest BCUT2D eigenvalue weighted by Crippen LogP contribution is 2.23. The lowest BCUT2D eigenvalue weighted by Crippen LogP contribution is -3.15. The van der Waals surface area contributed by atoms with E-state index in [9.17, 15) is 9.59 Å². The van der Waals surface area contributed by atoms with E-state index in [2.05, 4.69) is 17.4 Å². The number of quaternary nitrogens is 1. The number of nitrogens with zero attached hydrogens (tertiary/aromatic N) is 1. The predicted octanol–water partition coefficient (Wildman–Crippen LogP) is 2.16. The topological polar surface area (TPSA) is 53.9 Å². The van der Waals surface area contributed by atoms with Crippen molar-refractivity contribution < 1.29 is 14.5 Å². The second kappa shape index (κ2) is 9.00. The van der Waals surface area contributed by atoms with Crippen molar-refractivity contribution in [3.05, 3.63) is 64.2 Å². The number of amides is 2. The summed E-state index contributed by atoms with van der Waals surface area (Å²) in [4.78, 5) is 28.7. The molecule has 30 heavy (non-hydrogen) atoms. The van der Waals surface area contributed by atoms with E-state index in [1.165, 1.54) is 28.9 Å². The molecule has 0 saturated carbocycles. The molecule has 0 aromatic heterocycles. The number of fused-ring (bicyclic) bond motifs is 1. The number of carbonyl (C=O) groups is 2. The van der Waals surface area contributed by atoms with E-state index >= 15 is 0 Å². The first kappa shape index (κ1) is 20.6. The molecule has 0 spiro atoms. The fourth-order valence-corrected chi connectivity index (χ4v) is 4.67. The summed E-state index contributed by atoms with van der Waals surface area (Å²) < 4.78 is 0. The summed E-state index contributed by atoms with van der Waals surface area (Å²) in [5.41, 5.74) is 6.65. The Labute approximate surface area is 179 Å². The SMILES string of the molecule is Cc1cccc(C)c1NC(=O)C[NH+]1CCN(C(=O)c2ccc3c(c2)CCCC3)CC1. The third-order valence-corrected chi connectivity index (χ3v) is 6.51. The third kappa shape index (κ3) is 4.57. The lowest BCUT2D eigenvalue weighted by atomic mass is 9.90. The fraction of sp³-hybridized carbons (Fsp3) is 0.440. The molecular weight excluding hydrogens is 374 g/mol. The van der Waals surface area contributed by atoms with Gasteiger partial charge in [-0.3, -0.25) is 9.59 Å². The van der Waals surface area contributed by atoms with E-state index in [0.29, 0.717) is 19.6 Å². The summed E-state index contributed by atoms with van der Waals surface area (Å²) in [5.74, 6) is 0.166. The number of carbonyl (C=O) groups excluding carboxylic acids is 2. The maximum Gasteiger partial charge on any atom is 0.279 e. The highest BCUT2D eigenvalue weighted by Gasteiger charge is 2.26. The number of hydrogen-bond acceptors (Lipinski definition) is 2. The monoisotopic (exact) mass is 406 g/mol. The van der Waals surface area contributed by atoms with Crippen molar-refractivity contribution in [2.45, 2.75) is 39.5 Å². The molecule has 0 bridgehead atoms. The van der Waals surface area contributed by atoms with Crippen LogP contribution in [0.4, 0.5) is 5.69 Å². The van der Waals surface area contributed by atoms with Crippen LogP contribution < -0.4 is 10.2 Å². The molecule has 2 amide bonds. The Morgan fingerprint density at radius 3 is 2.33 bits per heavy atom. The van der Waals surface area contributed by atoms with Gasteiger partial charge in [-0.05, 0) is 73.9 Å². The van der Waals surface area contributed by atoms with Crippen LogP contribution in [-0.4, -0.2) is 49.4 Å². The molecule has 1 aliphatic carbocycles. The van der Waals surface area contributed by atoms with Crippen LogP contribution in [0.25, 0.3) is 0 Å². The van der Waals surface area contributed by atoms with Crippen molar-refractivity contribution >= 4 is 17.5 Å². The molecule has 2 aromatic carbocycles. The molecule has 1 aliphatic heterocycles. The highest BCUT2D eigenvalue weighted by molar-refractivity contribution is 5.95. The second-order valence-electron chi connectivity index (χ2n) is 8.72. The van der Waals surface area contributed by atoms with Gasteiger partial charge in [-0.25, -0.2) is 0 Å². The normalized spacial score (nSPS) is 16.8. The van der Waals surface area contributed by atoms with Gasteiger partial charge in [-0.15, -0.1) is 0 Å². The first-order valence-corrected chi connectivity index (χ1v) is 11.1. The van der Waals surface area contributed by atoms with E-state index in [-0.39, 0.29) is 11.8 Å². The third-order valence-electron chi connectivity index (χ3n) is 6.51. The van der Waals surface area contributed by atoms with Crippen molar-refractivity contribution in [2.75, 3.05) is 38.0 Å². The number of benzene rings is 2. The average Bonchev–Trinajstić information content (AvgIpc) is 2.76. The minimum absolute atomic E-state index is 0.0388. The van der Waals surface area contributed by atoms with Crippen LogP contribution in [0.2, 0.25) is 0 Å². The summed E-state index contributed by atoms with van der Waals surface area (Å²) >= 11 is 0. The Hall–Kier alpha value is -2.66. The van der Waals surface area contributed by atoms with Gasteiger partial charge in [0, 0.05) is 11.3 Å². The number of hydrogen-bond donors (Lipinski definition) is 2. The molecule has 2 aliphatic rings. The van der Waals surface area contributed by atoms with E-state index in [0.717, 1.165) is 48.3 Å². The molecule has 4 rings (SSSR count). The number of para-hydroxylation sites is 1. The quantitative estimate of drug-likeness (QED) is 0.818. The summed E-state index contributed by atoms with van der Waals surface area (Å²) in [6.07, 6.45) is 4.69. The minimum atomic E-state index is 0.0388. The number of nitrogens with one attached hydrogen (secondary N) is 2. The van der Waals surface area contributed by atoms with Gasteiger partial charge in [0.1, 0.15) is 0 Å². The second-order valence-corrected chi connectivity index (χ2v) is 8.72. The smallest absolute Gasteiger partial charge is 0.279 e. The number of piperazine rings is 1. The average molecular weight is 407 g/mol. The Balaban J connectivity index is 1.30. The maximum atomic E-state index is 13.0. The molecule has 5 heteroatoms. The predicted molar refractivity (Wildman–Crippen MR) is 119 cm³/mol. The van der Waals surface area contributed by atoms with Crippen molar-refractivity contribution in [3.8, 4) is 0 Å². The zero-order valence-electron chi connectivity index (χ0n) is 18.1. The molecule has 0 radical (unpaired) electrons. The van der Waals surface area contributed by atoms with Gasteiger partial charge >= 0.3 is 0 Å². The van der Waals surface area contributed by atoms with Crippen molar-refractivity contribution in [2.24, 2.45) is 0 Å². The zero-order chi connectivity index (χ0) is 21.1. The highest BCUT2D eigenvalue weighted by atomic mass is 16.2. The molecular formula is C25H32N3O2+. The minimum Gasteiger partial charge on any atom is -0.327 e. The van der Waals surface area contributed by atoms with Crippen LogP contribution in [0.15, 0.2) is 36.4 Å². The molecule has 2 N–H and O–H groups in total. The standard InChI is InChI=1S/C25H31N3O2/c1-18-6-5-7-19(2)24(18)26-23(29)17-27-12-14-28(15-13-27)25(30)22-11-10-20-8-3-4-9-21(20)16-22/h5-7,10-11,16H,3-4,8-9,12-15,17H2,1-2H3,(H,26,29)/p+1.